The molecule has 5 nitrogen and oxygen atoms in total. The molecular weight excluding hydrogens is 340 g/mol. The molecule has 2 aromatic carbocycles. The fraction of sp³-hybridized carbons (Fsp3) is 0.263. The van der Waals surface area contributed by atoms with Gasteiger partial charge in [-0.2, -0.15) is 0 Å². The molecule has 1 unspecified atom stereocenters. The number of amides is 1. The van der Waals surface area contributed by atoms with E-state index >= 15 is 0 Å². The van der Waals surface area contributed by atoms with E-state index in [1.165, 1.54) is 7.11 Å². The van der Waals surface area contributed by atoms with Crippen LogP contribution in [-0.4, -0.2) is 31.6 Å². The fourth-order valence-electron chi connectivity index (χ4n) is 3.54. The first kappa shape index (κ1) is 19.0. The number of primary amides is 1. The van der Waals surface area contributed by atoms with Crippen molar-refractivity contribution in [3.63, 3.8) is 0 Å². The van der Waals surface area contributed by atoms with E-state index < -0.39 is 6.04 Å². The number of ether oxygens (including phenoxy) is 1. The predicted octanol–water partition coefficient (Wildman–Crippen LogP) is 2.22. The summed E-state index contributed by atoms with van der Waals surface area (Å²) in [5.41, 5.74) is 8.02. The molecule has 6 heteroatoms. The van der Waals surface area contributed by atoms with Crippen molar-refractivity contribution in [3.8, 4) is 0 Å². The molecule has 0 bridgehead atoms. The largest absolute Gasteiger partial charge is 0.465 e. The lowest BCUT2D eigenvalue weighted by Gasteiger charge is -2.24. The maximum atomic E-state index is 12.1. The number of hydrogen-bond donors (Lipinski definition) is 2. The number of halogens is 1. The smallest absolute Gasteiger partial charge is 0.338 e. The number of benzene rings is 2. The zero-order chi connectivity index (χ0) is 17.1. The number of methoxy groups -OCH3 is 1. The second-order valence-electron chi connectivity index (χ2n) is 5.91. The molecular formula is C19H21ClN2O3. The van der Waals surface area contributed by atoms with Gasteiger partial charge in [0, 0.05) is 18.4 Å². The molecule has 3 N–H and O–H groups in total. The lowest BCUT2D eigenvalue weighted by Crippen LogP contribution is -2.39. The van der Waals surface area contributed by atoms with Crippen molar-refractivity contribution < 1.29 is 14.3 Å². The quantitative estimate of drug-likeness (QED) is 0.819. The highest BCUT2D eigenvalue weighted by Crippen LogP contribution is 2.40. The summed E-state index contributed by atoms with van der Waals surface area (Å²) in [5.74, 6) is -0.934. The zero-order valence-corrected chi connectivity index (χ0v) is 14.7. The SMILES string of the molecule is COC(=O)c1ccccc1C1CN[C@@H](C(N)=O)[C@@H]1c1ccccc1.Cl. The highest BCUT2D eigenvalue weighted by atomic mass is 35.5. The molecule has 3 rings (SSSR count). The summed E-state index contributed by atoms with van der Waals surface area (Å²) < 4.78 is 4.90. The Labute approximate surface area is 153 Å². The molecule has 0 spiro atoms. The molecule has 1 aliphatic rings. The van der Waals surface area contributed by atoms with Gasteiger partial charge in [-0.25, -0.2) is 4.79 Å². The van der Waals surface area contributed by atoms with E-state index in [1.54, 1.807) is 12.1 Å². The van der Waals surface area contributed by atoms with Crippen LogP contribution in [0.3, 0.4) is 0 Å². The molecule has 1 saturated heterocycles. The van der Waals surface area contributed by atoms with Crippen LogP contribution >= 0.6 is 12.4 Å². The van der Waals surface area contributed by atoms with Crippen LogP contribution in [0.5, 0.6) is 0 Å². The summed E-state index contributed by atoms with van der Waals surface area (Å²) in [6.07, 6.45) is 0. The highest BCUT2D eigenvalue weighted by Gasteiger charge is 2.41. The van der Waals surface area contributed by atoms with Crippen molar-refractivity contribution in [1.29, 1.82) is 0 Å². The van der Waals surface area contributed by atoms with E-state index in [-0.39, 0.29) is 36.1 Å². The second kappa shape index (κ2) is 8.14. The Hall–Kier alpha value is -2.37. The third kappa shape index (κ3) is 3.67. The molecule has 1 heterocycles. The summed E-state index contributed by atoms with van der Waals surface area (Å²) in [6, 6.07) is 16.7. The minimum Gasteiger partial charge on any atom is -0.465 e. The predicted molar refractivity (Wildman–Crippen MR) is 97.9 cm³/mol. The molecule has 1 amide bonds. The van der Waals surface area contributed by atoms with Gasteiger partial charge in [0.2, 0.25) is 5.91 Å². The van der Waals surface area contributed by atoms with Crippen LogP contribution < -0.4 is 11.1 Å². The van der Waals surface area contributed by atoms with E-state index in [9.17, 15) is 9.59 Å². The second-order valence-corrected chi connectivity index (χ2v) is 5.91. The first-order valence-electron chi connectivity index (χ1n) is 7.88. The van der Waals surface area contributed by atoms with Crippen LogP contribution in [0.4, 0.5) is 0 Å². The first-order valence-corrected chi connectivity index (χ1v) is 7.88. The number of esters is 1. The molecule has 0 saturated carbocycles. The Morgan fingerprint density at radius 1 is 1.08 bits per heavy atom. The van der Waals surface area contributed by atoms with Gasteiger partial charge in [-0.3, -0.25) is 4.79 Å². The molecule has 2 aromatic rings. The maximum absolute atomic E-state index is 12.1. The topological polar surface area (TPSA) is 81.4 Å². The van der Waals surface area contributed by atoms with Crippen molar-refractivity contribution in [3.05, 3.63) is 71.3 Å². The molecule has 3 atom stereocenters. The Morgan fingerprint density at radius 3 is 2.36 bits per heavy atom. The summed E-state index contributed by atoms with van der Waals surface area (Å²) >= 11 is 0. The van der Waals surface area contributed by atoms with E-state index in [2.05, 4.69) is 5.32 Å². The molecule has 1 fully saturated rings. The average molecular weight is 361 g/mol. The van der Waals surface area contributed by atoms with Crippen molar-refractivity contribution in [2.75, 3.05) is 13.7 Å². The lowest BCUT2D eigenvalue weighted by atomic mass is 9.79. The lowest BCUT2D eigenvalue weighted by molar-refractivity contribution is -0.120. The molecule has 132 valence electrons. The molecule has 0 aliphatic carbocycles. The van der Waals surface area contributed by atoms with Gasteiger partial charge in [0.25, 0.3) is 0 Å². The standard InChI is InChI=1S/C19H20N2O3.ClH/c1-24-19(23)14-10-6-5-9-13(14)15-11-21-17(18(20)22)16(15)12-7-3-2-4-8-12;/h2-10,15-17,21H,11H2,1H3,(H2,20,22);1H/t15?,16-,17-;/m1./s1. The molecule has 1 aliphatic heterocycles. The summed E-state index contributed by atoms with van der Waals surface area (Å²) in [4.78, 5) is 24.0. The van der Waals surface area contributed by atoms with E-state index in [4.69, 9.17) is 10.5 Å². The average Bonchev–Trinajstić information content (AvgIpc) is 3.07. The third-order valence-corrected chi connectivity index (χ3v) is 4.61. The van der Waals surface area contributed by atoms with Crippen LogP contribution in [0.2, 0.25) is 0 Å². The van der Waals surface area contributed by atoms with Crippen LogP contribution in [0.1, 0.15) is 33.3 Å². The first-order chi connectivity index (χ1) is 11.6. The Kier molecular flexibility index (Phi) is 6.17. The Morgan fingerprint density at radius 2 is 1.72 bits per heavy atom. The minimum atomic E-state index is -0.469. The van der Waals surface area contributed by atoms with E-state index in [1.807, 2.05) is 42.5 Å². The van der Waals surface area contributed by atoms with E-state index in [0.29, 0.717) is 12.1 Å². The number of rotatable bonds is 4. The van der Waals surface area contributed by atoms with Gasteiger partial charge in [-0.1, -0.05) is 48.5 Å². The summed E-state index contributed by atoms with van der Waals surface area (Å²) in [5, 5.41) is 3.21. The van der Waals surface area contributed by atoms with Gasteiger partial charge in [-0.15, -0.1) is 12.4 Å². The number of hydrogen-bond acceptors (Lipinski definition) is 4. The van der Waals surface area contributed by atoms with Crippen LogP contribution in [0, 0.1) is 0 Å². The number of carbonyl (C=O) groups excluding carboxylic acids is 2. The maximum Gasteiger partial charge on any atom is 0.338 e. The van der Waals surface area contributed by atoms with Crippen molar-refractivity contribution in [2.45, 2.75) is 17.9 Å². The Balaban J connectivity index is 0.00000225. The van der Waals surface area contributed by atoms with Gasteiger partial charge < -0.3 is 15.8 Å². The molecule has 0 aromatic heterocycles. The van der Waals surface area contributed by atoms with Gasteiger partial charge in [0.05, 0.1) is 18.7 Å². The van der Waals surface area contributed by atoms with Gasteiger partial charge in [0.15, 0.2) is 0 Å². The number of nitrogens with two attached hydrogens (primary N) is 1. The van der Waals surface area contributed by atoms with Crippen LogP contribution in [0.15, 0.2) is 54.6 Å². The van der Waals surface area contributed by atoms with Gasteiger partial charge in [-0.05, 0) is 17.2 Å². The molecule has 25 heavy (non-hydrogen) atoms. The fourth-order valence-corrected chi connectivity index (χ4v) is 3.54. The zero-order valence-electron chi connectivity index (χ0n) is 13.8. The van der Waals surface area contributed by atoms with Crippen molar-refractivity contribution in [1.82, 2.24) is 5.32 Å². The minimum absolute atomic E-state index is 0. The normalized spacial score (nSPS) is 22.0. The van der Waals surface area contributed by atoms with Crippen molar-refractivity contribution >= 4 is 24.3 Å². The number of carbonyl (C=O) groups is 2. The third-order valence-electron chi connectivity index (χ3n) is 4.61. The summed E-state index contributed by atoms with van der Waals surface area (Å²) in [6.45, 7) is 0.571. The summed E-state index contributed by atoms with van der Waals surface area (Å²) in [7, 11) is 1.37. The Bertz CT molecular complexity index is 751. The monoisotopic (exact) mass is 360 g/mol. The number of nitrogens with one attached hydrogen (secondary N) is 1. The van der Waals surface area contributed by atoms with Crippen molar-refractivity contribution in [2.24, 2.45) is 5.73 Å². The van der Waals surface area contributed by atoms with Crippen LogP contribution in [-0.2, 0) is 9.53 Å². The van der Waals surface area contributed by atoms with Gasteiger partial charge in [0.1, 0.15) is 0 Å². The highest BCUT2D eigenvalue weighted by molar-refractivity contribution is 5.91. The van der Waals surface area contributed by atoms with Crippen LogP contribution in [0.25, 0.3) is 0 Å². The molecule has 0 radical (unpaired) electrons. The van der Waals surface area contributed by atoms with E-state index in [0.717, 1.165) is 11.1 Å². The van der Waals surface area contributed by atoms with Gasteiger partial charge >= 0.3 is 5.97 Å².